The van der Waals surface area contributed by atoms with E-state index >= 15 is 0 Å². The molecule has 0 aliphatic rings. The van der Waals surface area contributed by atoms with E-state index in [1.807, 2.05) is 26.0 Å². The Kier molecular flexibility index (Phi) is 4.57. The minimum Gasteiger partial charge on any atom is -0.366 e. The Bertz CT molecular complexity index is 1270. The van der Waals surface area contributed by atoms with Crippen molar-refractivity contribution in [3.8, 4) is 0 Å². The van der Waals surface area contributed by atoms with Crippen LogP contribution in [0.5, 0.6) is 0 Å². The molecule has 0 fully saturated rings. The Morgan fingerprint density at radius 1 is 1.10 bits per heavy atom. The van der Waals surface area contributed by atoms with Gasteiger partial charge in [-0.25, -0.2) is 13.2 Å². The molecule has 0 unspecified atom stereocenters. The second-order valence-corrected chi connectivity index (χ2v) is 7.32. The molecule has 0 spiro atoms. The zero-order valence-electron chi connectivity index (χ0n) is 15.9. The Morgan fingerprint density at radius 2 is 1.83 bits per heavy atom. The van der Waals surface area contributed by atoms with Crippen LogP contribution in [0.1, 0.15) is 41.3 Å². The van der Waals surface area contributed by atoms with Crippen molar-refractivity contribution in [2.75, 3.05) is 0 Å². The Balaban J connectivity index is 2.08. The fourth-order valence-electron chi connectivity index (χ4n) is 3.65. The van der Waals surface area contributed by atoms with Crippen molar-refractivity contribution >= 4 is 27.7 Å². The third-order valence-electron chi connectivity index (χ3n) is 5.20. The quantitative estimate of drug-likeness (QED) is 0.470. The first-order chi connectivity index (χ1) is 13.8. The van der Waals surface area contributed by atoms with Crippen LogP contribution >= 0.6 is 0 Å². The largest absolute Gasteiger partial charge is 0.366 e. The van der Waals surface area contributed by atoms with E-state index < -0.39 is 23.4 Å². The van der Waals surface area contributed by atoms with Crippen LogP contribution in [0.25, 0.3) is 21.8 Å². The first-order valence-electron chi connectivity index (χ1n) is 9.18. The monoisotopic (exact) mass is 395 g/mol. The highest BCUT2D eigenvalue weighted by Crippen LogP contribution is 2.34. The van der Waals surface area contributed by atoms with Crippen LogP contribution < -0.4 is 5.73 Å². The predicted molar refractivity (Wildman–Crippen MR) is 106 cm³/mol. The maximum Gasteiger partial charge on any atom is 0.249 e. The van der Waals surface area contributed by atoms with E-state index in [0.29, 0.717) is 27.4 Å². The SMILES string of the molecule is CC(C)c1c[c]c2c3c(C(N)=O)cccc3n(Cc3c(F)ccc(F)c3F)c2c1. The van der Waals surface area contributed by atoms with Crippen LogP contribution in [-0.2, 0) is 6.54 Å². The van der Waals surface area contributed by atoms with Crippen molar-refractivity contribution < 1.29 is 18.0 Å². The van der Waals surface area contributed by atoms with Gasteiger partial charge < -0.3 is 10.3 Å². The number of nitrogens with two attached hydrogens (primary N) is 1. The van der Waals surface area contributed by atoms with Crippen molar-refractivity contribution in [2.24, 2.45) is 5.73 Å². The summed E-state index contributed by atoms with van der Waals surface area (Å²) >= 11 is 0. The average molecular weight is 395 g/mol. The van der Waals surface area contributed by atoms with E-state index in [0.717, 1.165) is 17.7 Å². The fourth-order valence-corrected chi connectivity index (χ4v) is 3.65. The number of carbonyl (C=O) groups excluding carboxylic acids is 1. The van der Waals surface area contributed by atoms with Gasteiger partial charge in [-0.15, -0.1) is 0 Å². The number of benzene rings is 3. The molecule has 0 saturated heterocycles. The van der Waals surface area contributed by atoms with Crippen molar-refractivity contribution in [3.05, 3.63) is 82.7 Å². The molecule has 4 aromatic rings. The number of carbonyl (C=O) groups is 1. The van der Waals surface area contributed by atoms with E-state index in [4.69, 9.17) is 5.73 Å². The molecule has 6 heteroatoms. The number of nitrogens with zero attached hydrogens (tertiary/aromatic N) is 1. The maximum atomic E-state index is 14.4. The molecule has 1 aromatic heterocycles. The number of halogens is 3. The summed E-state index contributed by atoms with van der Waals surface area (Å²) in [6, 6.07) is 13.6. The van der Waals surface area contributed by atoms with Crippen LogP contribution in [0, 0.1) is 23.5 Å². The number of fused-ring (bicyclic) bond motifs is 3. The summed E-state index contributed by atoms with van der Waals surface area (Å²) in [5.74, 6) is -3.60. The van der Waals surface area contributed by atoms with E-state index in [1.165, 1.54) is 0 Å². The number of aromatic nitrogens is 1. The summed E-state index contributed by atoms with van der Waals surface area (Å²) < 4.78 is 44.1. The minimum absolute atomic E-state index is 0.195. The maximum absolute atomic E-state index is 14.4. The predicted octanol–water partition coefficient (Wildman–Crippen LogP) is 5.28. The molecule has 0 bridgehead atoms. The topological polar surface area (TPSA) is 48.0 Å². The Labute approximate surface area is 165 Å². The van der Waals surface area contributed by atoms with E-state index in [2.05, 4.69) is 6.07 Å². The van der Waals surface area contributed by atoms with Gasteiger partial charge in [0.1, 0.15) is 5.82 Å². The van der Waals surface area contributed by atoms with Gasteiger partial charge in [0.2, 0.25) is 5.91 Å². The second-order valence-electron chi connectivity index (χ2n) is 7.32. The summed E-state index contributed by atoms with van der Waals surface area (Å²) in [7, 11) is 0. The number of primary amides is 1. The summed E-state index contributed by atoms with van der Waals surface area (Å²) in [5, 5.41) is 1.18. The molecule has 3 nitrogen and oxygen atoms in total. The van der Waals surface area contributed by atoms with E-state index in [-0.39, 0.29) is 18.0 Å². The highest BCUT2D eigenvalue weighted by Gasteiger charge is 2.20. The summed E-state index contributed by atoms with van der Waals surface area (Å²) in [5.41, 5.74) is 7.64. The molecule has 147 valence electrons. The Morgan fingerprint density at radius 3 is 2.52 bits per heavy atom. The molecular formula is C23H18F3N2O. The lowest BCUT2D eigenvalue weighted by molar-refractivity contribution is 0.100. The zero-order valence-corrected chi connectivity index (χ0v) is 15.9. The van der Waals surface area contributed by atoms with Gasteiger partial charge in [-0.1, -0.05) is 26.0 Å². The third-order valence-corrected chi connectivity index (χ3v) is 5.20. The molecule has 0 aliphatic heterocycles. The summed E-state index contributed by atoms with van der Waals surface area (Å²) in [4.78, 5) is 12.0. The molecule has 3 aromatic carbocycles. The molecule has 0 aliphatic carbocycles. The molecule has 29 heavy (non-hydrogen) atoms. The van der Waals surface area contributed by atoms with Crippen molar-refractivity contribution in [1.82, 2.24) is 4.57 Å². The van der Waals surface area contributed by atoms with Crippen LogP contribution in [0.2, 0.25) is 0 Å². The standard InChI is InChI=1S/C23H18F3N2O/c1-12(2)13-6-7-14-20(10-13)28(11-16-17(24)8-9-18(25)22(16)26)19-5-3-4-15(21(14)19)23(27)29/h3-6,8-10,12H,11H2,1-2H3,(H2,27,29). The molecule has 4 rings (SSSR count). The zero-order chi connectivity index (χ0) is 20.9. The van der Waals surface area contributed by atoms with Gasteiger partial charge in [0, 0.05) is 21.9 Å². The normalized spacial score (nSPS) is 11.7. The lowest BCUT2D eigenvalue weighted by Gasteiger charge is -2.12. The van der Waals surface area contributed by atoms with Gasteiger partial charge in [-0.05, 0) is 47.9 Å². The van der Waals surface area contributed by atoms with Gasteiger partial charge in [0.05, 0.1) is 17.6 Å². The highest BCUT2D eigenvalue weighted by molar-refractivity contribution is 6.17. The molecule has 1 heterocycles. The van der Waals surface area contributed by atoms with E-state index in [1.54, 1.807) is 22.8 Å². The summed E-state index contributed by atoms with van der Waals surface area (Å²) in [6.07, 6.45) is 0. The highest BCUT2D eigenvalue weighted by atomic mass is 19.2. The van der Waals surface area contributed by atoms with Gasteiger partial charge in [-0.2, -0.15) is 0 Å². The minimum atomic E-state index is -1.23. The first-order valence-corrected chi connectivity index (χ1v) is 9.18. The molecule has 0 atom stereocenters. The number of hydrogen-bond acceptors (Lipinski definition) is 1. The van der Waals surface area contributed by atoms with Gasteiger partial charge in [-0.3, -0.25) is 4.79 Å². The van der Waals surface area contributed by atoms with Crippen LogP contribution in [-0.4, -0.2) is 10.5 Å². The van der Waals surface area contributed by atoms with Crippen molar-refractivity contribution in [1.29, 1.82) is 0 Å². The molecular weight excluding hydrogens is 377 g/mol. The van der Waals surface area contributed by atoms with Crippen LogP contribution in [0.15, 0.2) is 42.5 Å². The number of amides is 1. The van der Waals surface area contributed by atoms with Crippen molar-refractivity contribution in [2.45, 2.75) is 26.3 Å². The molecule has 2 N–H and O–H groups in total. The van der Waals surface area contributed by atoms with Crippen LogP contribution in [0.4, 0.5) is 13.2 Å². The number of hydrogen-bond donors (Lipinski definition) is 1. The molecule has 1 radical (unpaired) electrons. The lowest BCUT2D eigenvalue weighted by Crippen LogP contribution is -2.11. The van der Waals surface area contributed by atoms with E-state index in [9.17, 15) is 18.0 Å². The fraction of sp³-hybridized carbons (Fsp3) is 0.174. The average Bonchev–Trinajstić information content (AvgIpc) is 3.01. The second kappa shape index (κ2) is 6.95. The third kappa shape index (κ3) is 3.05. The van der Waals surface area contributed by atoms with Crippen LogP contribution in [0.3, 0.4) is 0 Å². The summed E-state index contributed by atoms with van der Waals surface area (Å²) in [6.45, 7) is 3.79. The Hall–Kier alpha value is -3.28. The molecule has 1 amide bonds. The van der Waals surface area contributed by atoms with Crippen molar-refractivity contribution in [3.63, 3.8) is 0 Å². The first kappa shape index (κ1) is 19.1. The smallest absolute Gasteiger partial charge is 0.249 e. The molecule has 0 saturated carbocycles. The number of rotatable bonds is 4. The van der Waals surface area contributed by atoms with Gasteiger partial charge >= 0.3 is 0 Å². The van der Waals surface area contributed by atoms with Gasteiger partial charge in [0.15, 0.2) is 11.6 Å². The lowest BCUT2D eigenvalue weighted by atomic mass is 10.00. The van der Waals surface area contributed by atoms with Gasteiger partial charge in [0.25, 0.3) is 0 Å².